The van der Waals surface area contributed by atoms with Crippen LogP contribution in [0.15, 0.2) is 90.0 Å². The number of hydrogen-bond donors (Lipinski definition) is 1. The number of nitrogens with one attached hydrogen (secondary N) is 1. The molecule has 1 N–H and O–H groups in total. The second-order valence-corrected chi connectivity index (χ2v) is 7.72. The quantitative estimate of drug-likeness (QED) is 0.251. The van der Waals surface area contributed by atoms with Crippen molar-refractivity contribution >= 4 is 34.5 Å². The van der Waals surface area contributed by atoms with Gasteiger partial charge in [0, 0.05) is 10.6 Å². The molecule has 4 aromatic rings. The maximum absolute atomic E-state index is 12.6. The van der Waals surface area contributed by atoms with Gasteiger partial charge in [0.1, 0.15) is 6.61 Å². The zero-order valence-corrected chi connectivity index (χ0v) is 18.9. The number of rotatable bonds is 8. The van der Waals surface area contributed by atoms with Gasteiger partial charge in [-0.1, -0.05) is 60.1 Å². The van der Waals surface area contributed by atoms with Gasteiger partial charge in [-0.3, -0.25) is 4.79 Å². The molecule has 0 aliphatic rings. The number of halogens is 1. The summed E-state index contributed by atoms with van der Waals surface area (Å²) in [6.07, 6.45) is 1.58. The summed E-state index contributed by atoms with van der Waals surface area (Å²) in [6, 6.07) is 26.4. The number of benzene rings is 4. The lowest BCUT2D eigenvalue weighted by Crippen LogP contribution is -2.17. The van der Waals surface area contributed by atoms with Crippen molar-refractivity contribution in [3.8, 4) is 11.5 Å². The molecule has 5 nitrogen and oxygen atoms in total. The molecule has 0 saturated heterocycles. The second-order valence-electron chi connectivity index (χ2n) is 7.28. The first-order valence-electron chi connectivity index (χ1n) is 10.6. The zero-order chi connectivity index (χ0) is 23.0. The van der Waals surface area contributed by atoms with Gasteiger partial charge in [-0.05, 0) is 65.2 Å². The van der Waals surface area contributed by atoms with Gasteiger partial charge in [-0.25, -0.2) is 5.43 Å². The average molecular weight is 459 g/mol. The highest BCUT2D eigenvalue weighted by Gasteiger charge is 2.09. The Labute approximate surface area is 197 Å². The van der Waals surface area contributed by atoms with Crippen LogP contribution >= 0.6 is 11.6 Å². The predicted octanol–water partition coefficient (Wildman–Crippen LogP) is 6.23. The number of hydrazone groups is 1. The molecule has 166 valence electrons. The fourth-order valence-corrected chi connectivity index (χ4v) is 3.64. The number of hydrogen-bond acceptors (Lipinski definition) is 4. The van der Waals surface area contributed by atoms with Crippen LogP contribution in [-0.2, 0) is 6.61 Å². The van der Waals surface area contributed by atoms with E-state index in [2.05, 4.69) is 10.5 Å². The Morgan fingerprint density at radius 3 is 2.61 bits per heavy atom. The molecular formula is C27H23ClN2O3. The van der Waals surface area contributed by atoms with Gasteiger partial charge in [-0.15, -0.1) is 0 Å². The smallest absolute Gasteiger partial charge is 0.271 e. The Hall–Kier alpha value is -3.83. The summed E-state index contributed by atoms with van der Waals surface area (Å²) in [7, 11) is 0. The largest absolute Gasteiger partial charge is 0.490 e. The van der Waals surface area contributed by atoms with Crippen molar-refractivity contribution in [1.82, 2.24) is 5.43 Å². The van der Waals surface area contributed by atoms with Gasteiger partial charge in [0.2, 0.25) is 0 Å². The van der Waals surface area contributed by atoms with E-state index in [0.717, 1.165) is 21.9 Å². The maximum Gasteiger partial charge on any atom is 0.271 e. The summed E-state index contributed by atoms with van der Waals surface area (Å²) >= 11 is 6.04. The van der Waals surface area contributed by atoms with Gasteiger partial charge < -0.3 is 9.47 Å². The third-order valence-electron chi connectivity index (χ3n) is 4.96. The van der Waals surface area contributed by atoms with Crippen molar-refractivity contribution in [1.29, 1.82) is 0 Å². The van der Waals surface area contributed by atoms with Crippen LogP contribution < -0.4 is 14.9 Å². The van der Waals surface area contributed by atoms with E-state index in [1.54, 1.807) is 12.3 Å². The van der Waals surface area contributed by atoms with Crippen LogP contribution in [0.25, 0.3) is 10.8 Å². The minimum Gasteiger partial charge on any atom is -0.490 e. The second kappa shape index (κ2) is 10.7. The summed E-state index contributed by atoms with van der Waals surface area (Å²) in [5.74, 6) is 0.951. The van der Waals surface area contributed by atoms with Gasteiger partial charge in [0.15, 0.2) is 11.5 Å². The predicted molar refractivity (Wildman–Crippen MR) is 132 cm³/mol. The topological polar surface area (TPSA) is 59.9 Å². The number of amides is 1. The maximum atomic E-state index is 12.6. The summed E-state index contributed by atoms with van der Waals surface area (Å²) < 4.78 is 11.7. The highest BCUT2D eigenvalue weighted by atomic mass is 35.5. The lowest BCUT2D eigenvalue weighted by molar-refractivity contribution is 0.0957. The summed E-state index contributed by atoms with van der Waals surface area (Å²) in [4.78, 5) is 12.6. The van der Waals surface area contributed by atoms with E-state index in [1.165, 1.54) is 0 Å². The highest BCUT2D eigenvalue weighted by molar-refractivity contribution is 6.30. The fourth-order valence-electron chi connectivity index (χ4n) is 3.43. The van der Waals surface area contributed by atoms with Crippen LogP contribution in [0.3, 0.4) is 0 Å². The summed E-state index contributed by atoms with van der Waals surface area (Å²) in [5, 5.41) is 6.67. The molecule has 0 bridgehead atoms. The van der Waals surface area contributed by atoms with Crippen LogP contribution in [0, 0.1) is 0 Å². The lowest BCUT2D eigenvalue weighted by atomic mass is 10.0. The number of fused-ring (bicyclic) bond motifs is 1. The number of ether oxygens (including phenoxy) is 2. The van der Waals surface area contributed by atoms with Crippen LogP contribution in [-0.4, -0.2) is 18.7 Å². The molecular weight excluding hydrogens is 436 g/mol. The van der Waals surface area contributed by atoms with Crippen molar-refractivity contribution in [2.45, 2.75) is 13.5 Å². The Morgan fingerprint density at radius 2 is 1.76 bits per heavy atom. The van der Waals surface area contributed by atoms with Crippen molar-refractivity contribution in [3.05, 3.63) is 107 Å². The van der Waals surface area contributed by atoms with E-state index in [9.17, 15) is 4.79 Å². The molecule has 1 amide bonds. The molecule has 0 fully saturated rings. The lowest BCUT2D eigenvalue weighted by Gasteiger charge is -2.13. The van der Waals surface area contributed by atoms with E-state index in [-0.39, 0.29) is 5.91 Å². The van der Waals surface area contributed by atoms with Gasteiger partial charge in [0.25, 0.3) is 5.91 Å². The van der Waals surface area contributed by atoms with E-state index < -0.39 is 0 Å². The Kier molecular flexibility index (Phi) is 7.22. The third-order valence-corrected chi connectivity index (χ3v) is 5.20. The fraction of sp³-hybridized carbons (Fsp3) is 0.111. The number of carbonyl (C=O) groups is 1. The van der Waals surface area contributed by atoms with E-state index in [1.807, 2.05) is 85.8 Å². The van der Waals surface area contributed by atoms with Gasteiger partial charge in [-0.2, -0.15) is 5.10 Å². The zero-order valence-electron chi connectivity index (χ0n) is 18.1. The molecule has 0 aliphatic heterocycles. The molecule has 33 heavy (non-hydrogen) atoms. The van der Waals surface area contributed by atoms with Crippen LogP contribution in [0.4, 0.5) is 0 Å². The number of carbonyl (C=O) groups excluding carboxylic acids is 1. The van der Waals surface area contributed by atoms with E-state index in [4.69, 9.17) is 21.1 Å². The Balaban J connectivity index is 1.45. The molecule has 0 atom stereocenters. The van der Waals surface area contributed by atoms with Crippen molar-refractivity contribution in [2.24, 2.45) is 5.10 Å². The average Bonchev–Trinajstić information content (AvgIpc) is 2.83. The Morgan fingerprint density at radius 1 is 0.939 bits per heavy atom. The molecule has 0 aromatic heterocycles. The van der Waals surface area contributed by atoms with Crippen molar-refractivity contribution in [2.75, 3.05) is 6.61 Å². The van der Waals surface area contributed by atoms with E-state index in [0.29, 0.717) is 35.3 Å². The standard InChI is InChI=1S/C27H23ClN2O3/c1-2-32-26-16-19(13-14-25(26)33-18-20-7-5-10-22(28)15-20)17-29-30-27(31)24-12-6-9-21-8-3-4-11-23(21)24/h3-17H,2,18H2,1H3,(H,30,31)/b29-17-. The molecule has 0 aliphatic carbocycles. The number of nitrogens with zero attached hydrogens (tertiary/aromatic N) is 1. The Bertz CT molecular complexity index is 1300. The van der Waals surface area contributed by atoms with Crippen molar-refractivity contribution in [3.63, 3.8) is 0 Å². The van der Waals surface area contributed by atoms with Crippen molar-refractivity contribution < 1.29 is 14.3 Å². The molecule has 0 unspecified atom stereocenters. The molecule has 4 aromatic carbocycles. The molecule has 0 spiro atoms. The van der Waals surface area contributed by atoms with Crippen LogP contribution in [0.2, 0.25) is 5.02 Å². The first kappa shape index (κ1) is 22.4. The minimum absolute atomic E-state index is 0.269. The third kappa shape index (κ3) is 5.70. The first-order valence-corrected chi connectivity index (χ1v) is 11.0. The minimum atomic E-state index is -0.269. The summed E-state index contributed by atoms with van der Waals surface area (Å²) in [6.45, 7) is 2.77. The summed E-state index contributed by atoms with van der Waals surface area (Å²) in [5.41, 5.74) is 4.91. The monoisotopic (exact) mass is 458 g/mol. The highest BCUT2D eigenvalue weighted by Crippen LogP contribution is 2.29. The normalized spacial score (nSPS) is 11.0. The SMILES string of the molecule is CCOc1cc(/C=N\NC(=O)c2cccc3ccccc23)ccc1OCc1cccc(Cl)c1. The van der Waals surface area contributed by atoms with E-state index >= 15 is 0 Å². The molecule has 0 radical (unpaired) electrons. The molecule has 0 heterocycles. The first-order chi connectivity index (χ1) is 16.1. The van der Waals surface area contributed by atoms with Crippen LogP contribution in [0.1, 0.15) is 28.4 Å². The van der Waals surface area contributed by atoms with Crippen LogP contribution in [0.5, 0.6) is 11.5 Å². The van der Waals surface area contributed by atoms with Gasteiger partial charge >= 0.3 is 0 Å². The molecule has 0 saturated carbocycles. The molecule has 4 rings (SSSR count). The molecule has 6 heteroatoms. The van der Waals surface area contributed by atoms with Gasteiger partial charge in [0.05, 0.1) is 12.8 Å².